The first kappa shape index (κ1) is 12.2. The predicted octanol–water partition coefficient (Wildman–Crippen LogP) is 3.95. The van der Waals surface area contributed by atoms with Crippen LogP contribution in [0, 0.1) is 0 Å². The SMILES string of the molecule is COC(c1ccccc1)c1nc2ccc(Cl)cc2[nH]1. The molecule has 3 nitrogen and oxygen atoms in total. The van der Waals surface area contributed by atoms with Crippen molar-refractivity contribution in [2.24, 2.45) is 0 Å². The molecule has 1 aromatic heterocycles. The number of fused-ring (bicyclic) bond motifs is 1. The van der Waals surface area contributed by atoms with Gasteiger partial charge < -0.3 is 9.72 Å². The van der Waals surface area contributed by atoms with Crippen molar-refractivity contribution >= 4 is 22.6 Å². The third-order valence-corrected chi connectivity index (χ3v) is 3.28. The minimum atomic E-state index is -0.202. The van der Waals surface area contributed by atoms with Gasteiger partial charge in [-0.2, -0.15) is 0 Å². The van der Waals surface area contributed by atoms with E-state index in [-0.39, 0.29) is 6.10 Å². The van der Waals surface area contributed by atoms with Crippen LogP contribution in [0.5, 0.6) is 0 Å². The van der Waals surface area contributed by atoms with Gasteiger partial charge in [0.2, 0.25) is 0 Å². The number of imidazole rings is 1. The number of methoxy groups -OCH3 is 1. The Labute approximate surface area is 116 Å². The number of H-pyrrole nitrogens is 1. The van der Waals surface area contributed by atoms with E-state index in [0.29, 0.717) is 5.02 Å². The van der Waals surface area contributed by atoms with Gasteiger partial charge in [0, 0.05) is 12.1 Å². The van der Waals surface area contributed by atoms with Crippen LogP contribution in [-0.2, 0) is 4.74 Å². The zero-order valence-electron chi connectivity index (χ0n) is 10.4. The Morgan fingerprint density at radius 2 is 1.95 bits per heavy atom. The summed E-state index contributed by atoms with van der Waals surface area (Å²) in [5, 5.41) is 0.691. The van der Waals surface area contributed by atoms with Crippen LogP contribution in [0.3, 0.4) is 0 Å². The van der Waals surface area contributed by atoms with Crippen LogP contribution in [0.2, 0.25) is 5.02 Å². The van der Waals surface area contributed by atoms with Crippen molar-refractivity contribution in [3.63, 3.8) is 0 Å². The fourth-order valence-corrected chi connectivity index (χ4v) is 2.33. The van der Waals surface area contributed by atoms with Gasteiger partial charge in [0.15, 0.2) is 0 Å². The van der Waals surface area contributed by atoms with Gasteiger partial charge in [0.1, 0.15) is 11.9 Å². The van der Waals surface area contributed by atoms with E-state index in [9.17, 15) is 0 Å². The van der Waals surface area contributed by atoms with Gasteiger partial charge in [-0.25, -0.2) is 4.98 Å². The Morgan fingerprint density at radius 3 is 2.68 bits per heavy atom. The van der Waals surface area contributed by atoms with Gasteiger partial charge in [-0.15, -0.1) is 0 Å². The second-order valence-electron chi connectivity index (χ2n) is 4.31. The highest BCUT2D eigenvalue weighted by Crippen LogP contribution is 2.26. The molecule has 0 aliphatic rings. The Bertz CT molecular complexity index is 694. The highest BCUT2D eigenvalue weighted by Gasteiger charge is 2.17. The van der Waals surface area contributed by atoms with Crippen LogP contribution in [0.25, 0.3) is 11.0 Å². The van der Waals surface area contributed by atoms with E-state index >= 15 is 0 Å². The molecule has 2 aromatic carbocycles. The van der Waals surface area contributed by atoms with Crippen molar-refractivity contribution in [2.45, 2.75) is 6.10 Å². The summed E-state index contributed by atoms with van der Waals surface area (Å²) in [6, 6.07) is 15.6. The van der Waals surface area contributed by atoms with Gasteiger partial charge in [-0.05, 0) is 23.8 Å². The van der Waals surface area contributed by atoms with Gasteiger partial charge in [0.05, 0.1) is 11.0 Å². The second kappa shape index (κ2) is 5.03. The van der Waals surface area contributed by atoms with Gasteiger partial charge in [0.25, 0.3) is 0 Å². The maximum atomic E-state index is 5.98. The van der Waals surface area contributed by atoms with Crippen molar-refractivity contribution in [3.05, 3.63) is 64.9 Å². The lowest BCUT2D eigenvalue weighted by molar-refractivity contribution is 0.130. The summed E-state index contributed by atoms with van der Waals surface area (Å²) < 4.78 is 5.56. The first-order valence-electron chi connectivity index (χ1n) is 6.01. The normalized spacial score (nSPS) is 12.7. The van der Waals surface area contributed by atoms with Crippen molar-refractivity contribution < 1.29 is 4.74 Å². The average molecular weight is 273 g/mol. The zero-order chi connectivity index (χ0) is 13.2. The molecule has 0 spiro atoms. The Morgan fingerprint density at radius 1 is 1.16 bits per heavy atom. The van der Waals surface area contributed by atoms with Crippen molar-refractivity contribution in [1.82, 2.24) is 9.97 Å². The number of nitrogens with one attached hydrogen (secondary N) is 1. The molecule has 1 atom stereocenters. The average Bonchev–Trinajstić information content (AvgIpc) is 2.83. The Kier molecular flexibility index (Phi) is 3.23. The fraction of sp³-hybridized carbons (Fsp3) is 0.133. The molecular formula is C15H13ClN2O. The Hall–Kier alpha value is -1.84. The quantitative estimate of drug-likeness (QED) is 0.784. The summed E-state index contributed by atoms with van der Waals surface area (Å²) in [6.07, 6.45) is -0.202. The zero-order valence-corrected chi connectivity index (χ0v) is 11.2. The highest BCUT2D eigenvalue weighted by atomic mass is 35.5. The maximum Gasteiger partial charge on any atom is 0.141 e. The van der Waals surface area contributed by atoms with Crippen molar-refractivity contribution in [2.75, 3.05) is 7.11 Å². The first-order chi connectivity index (χ1) is 9.28. The lowest BCUT2D eigenvalue weighted by atomic mass is 10.1. The fourth-order valence-electron chi connectivity index (χ4n) is 2.16. The summed E-state index contributed by atoms with van der Waals surface area (Å²) in [5.74, 6) is 0.783. The first-order valence-corrected chi connectivity index (χ1v) is 6.38. The van der Waals surface area contributed by atoms with E-state index in [0.717, 1.165) is 22.4 Å². The molecule has 0 aliphatic heterocycles. The maximum absolute atomic E-state index is 5.98. The van der Waals surface area contributed by atoms with Crippen LogP contribution in [-0.4, -0.2) is 17.1 Å². The van der Waals surface area contributed by atoms with E-state index in [1.165, 1.54) is 0 Å². The van der Waals surface area contributed by atoms with E-state index in [1.54, 1.807) is 7.11 Å². The lowest BCUT2D eigenvalue weighted by Gasteiger charge is -2.12. The Balaban J connectivity index is 2.07. The standard InChI is InChI=1S/C15H13ClN2O/c1-19-14(10-5-3-2-4-6-10)15-17-12-8-7-11(16)9-13(12)18-15/h2-9,14H,1H3,(H,17,18). The van der Waals surface area contributed by atoms with Gasteiger partial charge in [-0.3, -0.25) is 0 Å². The summed E-state index contributed by atoms with van der Waals surface area (Å²) in [5.41, 5.74) is 2.87. The van der Waals surface area contributed by atoms with Gasteiger partial charge in [-0.1, -0.05) is 41.9 Å². The molecule has 0 radical (unpaired) electrons. The molecule has 96 valence electrons. The van der Waals surface area contributed by atoms with Crippen LogP contribution >= 0.6 is 11.6 Å². The minimum Gasteiger partial charge on any atom is -0.369 e. The molecule has 1 N–H and O–H groups in total. The number of hydrogen-bond acceptors (Lipinski definition) is 2. The predicted molar refractivity (Wildman–Crippen MR) is 76.4 cm³/mol. The molecule has 19 heavy (non-hydrogen) atoms. The number of ether oxygens (including phenoxy) is 1. The molecular weight excluding hydrogens is 260 g/mol. The molecule has 0 amide bonds. The van der Waals surface area contributed by atoms with Crippen LogP contribution < -0.4 is 0 Å². The molecule has 0 fully saturated rings. The number of nitrogens with zero attached hydrogens (tertiary/aromatic N) is 1. The molecule has 1 unspecified atom stereocenters. The monoisotopic (exact) mass is 272 g/mol. The highest BCUT2D eigenvalue weighted by molar-refractivity contribution is 6.31. The topological polar surface area (TPSA) is 37.9 Å². The number of rotatable bonds is 3. The number of aromatic nitrogens is 2. The molecule has 0 saturated heterocycles. The summed E-state index contributed by atoms with van der Waals surface area (Å²) in [6.45, 7) is 0. The minimum absolute atomic E-state index is 0.202. The van der Waals surface area contributed by atoms with E-state index in [4.69, 9.17) is 16.3 Å². The van der Waals surface area contributed by atoms with Crippen molar-refractivity contribution in [1.29, 1.82) is 0 Å². The third-order valence-electron chi connectivity index (χ3n) is 3.05. The number of benzene rings is 2. The molecule has 1 heterocycles. The van der Waals surface area contributed by atoms with Gasteiger partial charge >= 0.3 is 0 Å². The molecule has 3 rings (SSSR count). The largest absolute Gasteiger partial charge is 0.369 e. The van der Waals surface area contributed by atoms with Crippen molar-refractivity contribution in [3.8, 4) is 0 Å². The number of hydrogen-bond donors (Lipinski definition) is 1. The molecule has 0 saturated carbocycles. The third kappa shape index (κ3) is 2.35. The lowest BCUT2D eigenvalue weighted by Crippen LogP contribution is -2.05. The number of halogens is 1. The van der Waals surface area contributed by atoms with Crippen LogP contribution in [0.1, 0.15) is 17.5 Å². The number of aromatic amines is 1. The molecule has 4 heteroatoms. The second-order valence-corrected chi connectivity index (χ2v) is 4.75. The smallest absolute Gasteiger partial charge is 0.141 e. The molecule has 3 aromatic rings. The summed E-state index contributed by atoms with van der Waals surface area (Å²) >= 11 is 5.98. The van der Waals surface area contributed by atoms with Crippen LogP contribution in [0.15, 0.2) is 48.5 Å². The van der Waals surface area contributed by atoms with E-state index in [2.05, 4.69) is 9.97 Å². The summed E-state index contributed by atoms with van der Waals surface area (Å²) in [4.78, 5) is 7.83. The summed E-state index contributed by atoms with van der Waals surface area (Å²) in [7, 11) is 1.68. The molecule has 0 bridgehead atoms. The molecule has 0 aliphatic carbocycles. The van der Waals surface area contributed by atoms with Crippen LogP contribution in [0.4, 0.5) is 0 Å². The van der Waals surface area contributed by atoms with E-state index < -0.39 is 0 Å². The van der Waals surface area contributed by atoms with E-state index in [1.807, 2.05) is 48.5 Å².